The summed E-state index contributed by atoms with van der Waals surface area (Å²) < 4.78 is 0. The van der Waals surface area contributed by atoms with Crippen molar-refractivity contribution in [2.24, 2.45) is 0 Å². The predicted molar refractivity (Wildman–Crippen MR) is 68.1 cm³/mol. The van der Waals surface area contributed by atoms with E-state index in [4.69, 9.17) is 0 Å². The highest BCUT2D eigenvalue weighted by molar-refractivity contribution is 6.10. The number of hydrogen-bond acceptors (Lipinski definition) is 1. The van der Waals surface area contributed by atoms with Crippen molar-refractivity contribution in [2.45, 2.75) is 13.0 Å². The van der Waals surface area contributed by atoms with E-state index >= 15 is 0 Å². The van der Waals surface area contributed by atoms with Crippen LogP contribution in [0.2, 0.25) is 0 Å². The Morgan fingerprint density at radius 2 is 1.59 bits per heavy atom. The minimum Gasteiger partial charge on any atom is -0.301 e. The third-order valence-electron chi connectivity index (χ3n) is 3.28. The van der Waals surface area contributed by atoms with Gasteiger partial charge in [0.05, 0.1) is 6.04 Å². The van der Waals surface area contributed by atoms with E-state index in [1.165, 1.54) is 0 Å². The van der Waals surface area contributed by atoms with E-state index in [0.29, 0.717) is 0 Å². The normalized spacial score (nSPS) is 18.3. The minimum atomic E-state index is 0.0966. The monoisotopic (exact) mass is 223 g/mol. The van der Waals surface area contributed by atoms with Crippen molar-refractivity contribution in [3.8, 4) is 0 Å². The summed E-state index contributed by atoms with van der Waals surface area (Å²) in [6, 6.07) is 17.8. The summed E-state index contributed by atoms with van der Waals surface area (Å²) in [5.41, 5.74) is 2.89. The number of carbonyl (C=O) groups excluding carboxylic acids is 1. The highest BCUT2D eigenvalue weighted by Gasteiger charge is 2.34. The van der Waals surface area contributed by atoms with Crippen LogP contribution in [0.3, 0.4) is 0 Å². The molecule has 0 spiro atoms. The average molecular weight is 223 g/mol. The van der Waals surface area contributed by atoms with Crippen LogP contribution in [0, 0.1) is 0 Å². The molecule has 0 aromatic heterocycles. The second-order valence-corrected chi connectivity index (χ2v) is 4.27. The van der Waals surface area contributed by atoms with E-state index in [-0.39, 0.29) is 11.9 Å². The first kappa shape index (κ1) is 10.1. The first-order chi connectivity index (χ1) is 8.29. The average Bonchev–Trinajstić information content (AvgIpc) is 2.64. The number of benzene rings is 2. The molecular weight excluding hydrogens is 210 g/mol. The fourth-order valence-corrected chi connectivity index (χ4v) is 2.43. The maximum absolute atomic E-state index is 12.3. The van der Waals surface area contributed by atoms with Crippen molar-refractivity contribution in [3.05, 3.63) is 65.7 Å². The van der Waals surface area contributed by atoms with Crippen LogP contribution in [-0.4, -0.2) is 5.91 Å². The van der Waals surface area contributed by atoms with Crippen LogP contribution in [0.4, 0.5) is 5.69 Å². The molecule has 0 aliphatic carbocycles. The lowest BCUT2D eigenvalue weighted by Crippen LogP contribution is -2.25. The number of rotatable bonds is 1. The van der Waals surface area contributed by atoms with Crippen molar-refractivity contribution in [1.29, 1.82) is 0 Å². The summed E-state index contributed by atoms with van der Waals surface area (Å²) in [7, 11) is 0. The molecule has 1 amide bonds. The van der Waals surface area contributed by atoms with Crippen LogP contribution in [0.25, 0.3) is 0 Å². The number of nitrogens with zero attached hydrogens (tertiary/aromatic N) is 1. The zero-order valence-corrected chi connectivity index (χ0v) is 9.63. The summed E-state index contributed by atoms with van der Waals surface area (Å²) in [6.07, 6.45) is 0. The number of hydrogen-bond donors (Lipinski definition) is 0. The minimum absolute atomic E-state index is 0.0966. The van der Waals surface area contributed by atoms with E-state index in [1.54, 1.807) is 0 Å². The molecule has 0 bridgehead atoms. The topological polar surface area (TPSA) is 20.3 Å². The van der Waals surface area contributed by atoms with Gasteiger partial charge in [-0.3, -0.25) is 4.79 Å². The largest absolute Gasteiger partial charge is 0.301 e. The number of carbonyl (C=O) groups is 1. The Morgan fingerprint density at radius 1 is 0.941 bits per heavy atom. The number of anilines is 1. The summed E-state index contributed by atoms with van der Waals surface area (Å²) in [5, 5.41) is 0. The standard InChI is InChI=1S/C15H13NO/c1-11-13-9-5-6-10-14(13)15(17)16(11)12-7-3-2-4-8-12/h2-11H,1H3. The molecule has 2 heteroatoms. The fourth-order valence-electron chi connectivity index (χ4n) is 2.43. The van der Waals surface area contributed by atoms with Crippen LogP contribution < -0.4 is 4.90 Å². The van der Waals surface area contributed by atoms with Crippen molar-refractivity contribution in [3.63, 3.8) is 0 Å². The van der Waals surface area contributed by atoms with Crippen LogP contribution >= 0.6 is 0 Å². The smallest absolute Gasteiger partial charge is 0.259 e. The molecule has 84 valence electrons. The fraction of sp³-hybridized carbons (Fsp3) is 0.133. The van der Waals surface area contributed by atoms with Gasteiger partial charge in [-0.15, -0.1) is 0 Å². The van der Waals surface area contributed by atoms with Gasteiger partial charge in [0.25, 0.3) is 5.91 Å². The third-order valence-corrected chi connectivity index (χ3v) is 3.28. The second-order valence-electron chi connectivity index (χ2n) is 4.27. The maximum Gasteiger partial charge on any atom is 0.259 e. The van der Waals surface area contributed by atoms with Gasteiger partial charge in [-0.1, -0.05) is 36.4 Å². The van der Waals surface area contributed by atoms with Crippen molar-refractivity contribution in [2.75, 3.05) is 4.90 Å². The molecule has 0 saturated carbocycles. The Labute approximate surface area is 100 Å². The van der Waals surface area contributed by atoms with Gasteiger partial charge in [-0.25, -0.2) is 0 Å². The Kier molecular flexibility index (Phi) is 2.22. The molecule has 1 heterocycles. The molecule has 1 aliphatic heterocycles. The van der Waals surface area contributed by atoms with Crippen LogP contribution in [0.15, 0.2) is 54.6 Å². The third kappa shape index (κ3) is 1.45. The molecule has 2 aromatic rings. The van der Waals surface area contributed by atoms with Crippen LogP contribution in [0.5, 0.6) is 0 Å². The molecule has 1 atom stereocenters. The Morgan fingerprint density at radius 3 is 2.29 bits per heavy atom. The van der Waals surface area contributed by atoms with Gasteiger partial charge in [0.15, 0.2) is 0 Å². The van der Waals surface area contributed by atoms with Crippen LogP contribution in [-0.2, 0) is 0 Å². The molecule has 1 unspecified atom stereocenters. The molecule has 2 aromatic carbocycles. The molecule has 0 fully saturated rings. The molecule has 2 nitrogen and oxygen atoms in total. The quantitative estimate of drug-likeness (QED) is 0.725. The van der Waals surface area contributed by atoms with Gasteiger partial charge in [0.2, 0.25) is 0 Å². The highest BCUT2D eigenvalue weighted by Crippen LogP contribution is 2.36. The van der Waals surface area contributed by atoms with E-state index in [0.717, 1.165) is 16.8 Å². The van der Waals surface area contributed by atoms with Gasteiger partial charge >= 0.3 is 0 Å². The molecule has 3 rings (SSSR count). The zero-order chi connectivity index (χ0) is 11.8. The van der Waals surface area contributed by atoms with Crippen LogP contribution in [0.1, 0.15) is 28.9 Å². The molecule has 0 radical (unpaired) electrons. The summed E-state index contributed by atoms with van der Waals surface area (Å²) >= 11 is 0. The maximum atomic E-state index is 12.3. The Bertz CT molecular complexity index is 562. The lowest BCUT2D eigenvalue weighted by atomic mass is 10.1. The van der Waals surface area contributed by atoms with Gasteiger partial charge in [-0.05, 0) is 30.7 Å². The van der Waals surface area contributed by atoms with Gasteiger partial charge in [0, 0.05) is 11.3 Å². The number of para-hydroxylation sites is 1. The lowest BCUT2D eigenvalue weighted by molar-refractivity contribution is 0.0992. The predicted octanol–water partition coefficient (Wildman–Crippen LogP) is 3.41. The highest BCUT2D eigenvalue weighted by atomic mass is 16.2. The van der Waals surface area contributed by atoms with Gasteiger partial charge in [-0.2, -0.15) is 0 Å². The number of amides is 1. The van der Waals surface area contributed by atoms with Crippen molar-refractivity contribution in [1.82, 2.24) is 0 Å². The molecule has 0 saturated heterocycles. The first-order valence-electron chi connectivity index (χ1n) is 5.76. The lowest BCUT2D eigenvalue weighted by Gasteiger charge is -2.21. The van der Waals surface area contributed by atoms with Crippen molar-refractivity contribution >= 4 is 11.6 Å². The van der Waals surface area contributed by atoms with E-state index < -0.39 is 0 Å². The van der Waals surface area contributed by atoms with Gasteiger partial charge in [0.1, 0.15) is 0 Å². The zero-order valence-electron chi connectivity index (χ0n) is 9.63. The SMILES string of the molecule is CC1c2ccccc2C(=O)N1c1ccccc1. The molecular formula is C15H13NO. The number of fused-ring (bicyclic) bond motifs is 1. The molecule has 17 heavy (non-hydrogen) atoms. The summed E-state index contributed by atoms with van der Waals surface area (Å²) in [6.45, 7) is 2.07. The Hall–Kier alpha value is -2.09. The summed E-state index contributed by atoms with van der Waals surface area (Å²) in [4.78, 5) is 14.2. The molecule has 1 aliphatic rings. The first-order valence-corrected chi connectivity index (χ1v) is 5.76. The second kappa shape index (κ2) is 3.74. The van der Waals surface area contributed by atoms with Crippen molar-refractivity contribution < 1.29 is 4.79 Å². The van der Waals surface area contributed by atoms with E-state index in [9.17, 15) is 4.79 Å². The summed E-state index contributed by atoms with van der Waals surface area (Å²) in [5.74, 6) is 0.0966. The van der Waals surface area contributed by atoms with E-state index in [1.807, 2.05) is 59.5 Å². The van der Waals surface area contributed by atoms with E-state index in [2.05, 4.69) is 6.92 Å². The van der Waals surface area contributed by atoms with Gasteiger partial charge < -0.3 is 4.90 Å². The molecule has 0 N–H and O–H groups in total. The Balaban J connectivity index is 2.10.